The van der Waals surface area contributed by atoms with Crippen molar-refractivity contribution in [2.75, 3.05) is 6.54 Å². The van der Waals surface area contributed by atoms with E-state index in [0.717, 1.165) is 24.8 Å². The van der Waals surface area contributed by atoms with E-state index in [1.807, 2.05) is 20.8 Å². The van der Waals surface area contributed by atoms with Crippen LogP contribution in [0.1, 0.15) is 62.8 Å². The second kappa shape index (κ2) is 8.99. The second-order valence-electron chi connectivity index (χ2n) is 7.11. The van der Waals surface area contributed by atoms with Crippen molar-refractivity contribution < 1.29 is 14.7 Å². The van der Waals surface area contributed by atoms with Gasteiger partial charge in [0.1, 0.15) is 6.04 Å². The molecular formula is C20H30N2O3. The third kappa shape index (κ3) is 5.30. The topological polar surface area (TPSA) is 78.4 Å². The summed E-state index contributed by atoms with van der Waals surface area (Å²) < 4.78 is 0. The molecular weight excluding hydrogens is 316 g/mol. The van der Waals surface area contributed by atoms with Crippen molar-refractivity contribution in [1.29, 1.82) is 0 Å². The van der Waals surface area contributed by atoms with Gasteiger partial charge in [-0.05, 0) is 55.2 Å². The molecule has 138 valence electrons. The Labute approximate surface area is 150 Å². The lowest BCUT2D eigenvalue weighted by atomic mass is 9.89. The van der Waals surface area contributed by atoms with Gasteiger partial charge < -0.3 is 10.4 Å². The monoisotopic (exact) mass is 346 g/mol. The molecule has 0 aromatic heterocycles. The zero-order chi connectivity index (χ0) is 18.4. The van der Waals surface area contributed by atoms with E-state index in [4.69, 9.17) is 0 Å². The highest BCUT2D eigenvalue weighted by Gasteiger charge is 2.24. The Bertz CT molecular complexity index is 615. The fourth-order valence-electron chi connectivity index (χ4n) is 3.37. The maximum atomic E-state index is 12.2. The number of carboxylic acid groups (broad SMARTS) is 1. The number of carbonyl (C=O) groups is 2. The Morgan fingerprint density at radius 1 is 1.16 bits per heavy atom. The summed E-state index contributed by atoms with van der Waals surface area (Å²) in [4.78, 5) is 23.5. The second-order valence-corrected chi connectivity index (χ2v) is 7.11. The van der Waals surface area contributed by atoms with Gasteiger partial charge >= 0.3 is 5.97 Å². The molecule has 0 fully saturated rings. The average molecular weight is 346 g/mol. The van der Waals surface area contributed by atoms with E-state index in [9.17, 15) is 14.7 Å². The fraction of sp³-hybridized carbons (Fsp3) is 0.600. The number of carbonyl (C=O) groups excluding carboxylic acids is 1. The van der Waals surface area contributed by atoms with Crippen LogP contribution in [0.2, 0.25) is 0 Å². The molecule has 0 saturated carbocycles. The largest absolute Gasteiger partial charge is 0.480 e. The highest BCUT2D eigenvalue weighted by Crippen LogP contribution is 2.24. The number of rotatable bonds is 8. The minimum Gasteiger partial charge on any atom is -0.480 e. The molecule has 0 aliphatic heterocycles. The minimum atomic E-state index is -0.912. The number of hydrogen-bond donors (Lipinski definition) is 3. The van der Waals surface area contributed by atoms with Crippen molar-refractivity contribution in [3.8, 4) is 0 Å². The molecule has 3 atom stereocenters. The molecule has 5 nitrogen and oxygen atoms in total. The van der Waals surface area contributed by atoms with Gasteiger partial charge in [-0.1, -0.05) is 38.5 Å². The molecule has 1 aromatic carbocycles. The minimum absolute atomic E-state index is 0.0105. The summed E-state index contributed by atoms with van der Waals surface area (Å²) in [7, 11) is 0. The first kappa shape index (κ1) is 19.4. The molecule has 0 bridgehead atoms. The lowest BCUT2D eigenvalue weighted by Gasteiger charge is -2.22. The summed E-state index contributed by atoms with van der Waals surface area (Å²) in [5, 5.41) is 15.1. The molecule has 0 heterocycles. The lowest BCUT2D eigenvalue weighted by Crippen LogP contribution is -2.46. The highest BCUT2D eigenvalue weighted by atomic mass is 16.4. The maximum absolute atomic E-state index is 12.2. The molecule has 1 amide bonds. The van der Waals surface area contributed by atoms with Crippen LogP contribution in [0.15, 0.2) is 18.2 Å². The predicted octanol–water partition coefficient (Wildman–Crippen LogP) is 2.83. The number of aryl methyl sites for hydroxylation is 2. The SMILES string of the molecule is CC[C@H](C)[C@H](NCC(=O)NC(C)c1ccc2c(c1)CCCC2)C(=O)O. The van der Waals surface area contributed by atoms with E-state index in [0.29, 0.717) is 0 Å². The quantitative estimate of drug-likeness (QED) is 0.676. The standard InChI is InChI=1S/C20H30N2O3/c1-4-13(2)19(20(24)25)21-12-18(23)22-14(3)16-10-9-15-7-5-6-8-17(15)11-16/h9-11,13-14,19,21H,4-8,12H2,1-3H3,(H,22,23)(H,24,25)/t13-,14?,19-/m0/s1. The van der Waals surface area contributed by atoms with Gasteiger partial charge in [-0.2, -0.15) is 0 Å². The summed E-state index contributed by atoms with van der Waals surface area (Å²) in [6.07, 6.45) is 5.49. The number of aliphatic carboxylic acids is 1. The molecule has 2 rings (SSSR count). The molecule has 3 N–H and O–H groups in total. The normalized spacial score (nSPS) is 17.2. The first-order valence-electron chi connectivity index (χ1n) is 9.29. The van der Waals surface area contributed by atoms with Crippen molar-refractivity contribution >= 4 is 11.9 Å². The van der Waals surface area contributed by atoms with Gasteiger partial charge in [0.2, 0.25) is 5.91 Å². The van der Waals surface area contributed by atoms with E-state index in [1.165, 1.54) is 24.0 Å². The van der Waals surface area contributed by atoms with Gasteiger partial charge in [-0.3, -0.25) is 14.9 Å². The Hall–Kier alpha value is -1.88. The van der Waals surface area contributed by atoms with Crippen molar-refractivity contribution in [2.24, 2.45) is 5.92 Å². The summed E-state index contributed by atoms with van der Waals surface area (Å²) in [5.41, 5.74) is 3.92. The number of fused-ring (bicyclic) bond motifs is 1. The van der Waals surface area contributed by atoms with Gasteiger partial charge in [0.25, 0.3) is 0 Å². The van der Waals surface area contributed by atoms with Crippen LogP contribution in [0.5, 0.6) is 0 Å². The molecule has 1 aliphatic carbocycles. The Morgan fingerprint density at radius 2 is 1.84 bits per heavy atom. The first-order valence-corrected chi connectivity index (χ1v) is 9.29. The van der Waals surface area contributed by atoms with Crippen LogP contribution in [-0.4, -0.2) is 29.6 Å². The summed E-state index contributed by atoms with van der Waals surface area (Å²) >= 11 is 0. The maximum Gasteiger partial charge on any atom is 0.320 e. The van der Waals surface area contributed by atoms with Crippen molar-refractivity contribution in [3.63, 3.8) is 0 Å². The van der Waals surface area contributed by atoms with E-state index >= 15 is 0 Å². The number of benzene rings is 1. The highest BCUT2D eigenvalue weighted by molar-refractivity contribution is 5.80. The number of amides is 1. The number of hydrogen-bond acceptors (Lipinski definition) is 3. The zero-order valence-electron chi connectivity index (χ0n) is 15.5. The summed E-state index contributed by atoms with van der Waals surface area (Å²) in [6, 6.07) is 5.67. The van der Waals surface area contributed by atoms with Crippen molar-refractivity contribution in [3.05, 3.63) is 34.9 Å². The van der Waals surface area contributed by atoms with E-state index < -0.39 is 12.0 Å². The molecule has 25 heavy (non-hydrogen) atoms. The van der Waals surface area contributed by atoms with Gasteiger partial charge in [0.05, 0.1) is 12.6 Å². The molecule has 1 unspecified atom stereocenters. The lowest BCUT2D eigenvalue weighted by molar-refractivity contribution is -0.141. The predicted molar refractivity (Wildman–Crippen MR) is 98.5 cm³/mol. The van der Waals surface area contributed by atoms with Crippen molar-refractivity contribution in [1.82, 2.24) is 10.6 Å². The fourth-order valence-corrected chi connectivity index (χ4v) is 3.37. The van der Waals surface area contributed by atoms with Crippen molar-refractivity contribution in [2.45, 2.75) is 65.0 Å². The molecule has 0 saturated heterocycles. The molecule has 1 aliphatic rings. The first-order chi connectivity index (χ1) is 11.9. The Kier molecular flexibility index (Phi) is 7.00. The van der Waals surface area contributed by atoms with Crippen LogP contribution in [0, 0.1) is 5.92 Å². The number of nitrogens with one attached hydrogen (secondary N) is 2. The summed E-state index contributed by atoms with van der Waals surface area (Å²) in [5.74, 6) is -1.12. The van der Waals surface area contributed by atoms with Gasteiger partial charge in [-0.15, -0.1) is 0 Å². The van der Waals surface area contributed by atoms with E-state index in [1.54, 1.807) is 0 Å². The molecule has 1 aromatic rings. The average Bonchev–Trinajstić information content (AvgIpc) is 2.60. The van der Waals surface area contributed by atoms with E-state index in [2.05, 4.69) is 28.8 Å². The van der Waals surface area contributed by atoms with E-state index in [-0.39, 0.29) is 24.4 Å². The van der Waals surface area contributed by atoms with Gasteiger partial charge in [0.15, 0.2) is 0 Å². The Balaban J connectivity index is 1.90. The van der Waals surface area contributed by atoms with Crippen LogP contribution in [-0.2, 0) is 22.4 Å². The molecule has 5 heteroatoms. The molecule has 0 spiro atoms. The smallest absolute Gasteiger partial charge is 0.320 e. The molecule has 0 radical (unpaired) electrons. The van der Waals surface area contributed by atoms with Crippen LogP contribution in [0.3, 0.4) is 0 Å². The Morgan fingerprint density at radius 3 is 2.48 bits per heavy atom. The van der Waals surface area contributed by atoms with Gasteiger partial charge in [-0.25, -0.2) is 0 Å². The third-order valence-electron chi connectivity index (χ3n) is 5.21. The van der Waals surface area contributed by atoms with Crippen LogP contribution in [0.4, 0.5) is 0 Å². The van der Waals surface area contributed by atoms with Crippen LogP contribution >= 0.6 is 0 Å². The summed E-state index contributed by atoms with van der Waals surface area (Å²) in [6.45, 7) is 5.79. The third-order valence-corrected chi connectivity index (χ3v) is 5.21. The van der Waals surface area contributed by atoms with Gasteiger partial charge in [0, 0.05) is 0 Å². The number of carboxylic acids is 1. The van der Waals surface area contributed by atoms with Crippen LogP contribution < -0.4 is 10.6 Å². The van der Waals surface area contributed by atoms with Crippen LogP contribution in [0.25, 0.3) is 0 Å². The zero-order valence-corrected chi connectivity index (χ0v) is 15.5.